The van der Waals surface area contributed by atoms with Crippen molar-refractivity contribution in [2.45, 2.75) is 224 Å². The molecule has 3 unspecified atom stereocenters. The summed E-state index contributed by atoms with van der Waals surface area (Å²) in [5.41, 5.74) is 0.689. The molecule has 0 amide bonds. The van der Waals surface area contributed by atoms with Crippen LogP contribution in [0.5, 0.6) is 0 Å². The van der Waals surface area contributed by atoms with Crippen molar-refractivity contribution < 1.29 is 39.1 Å². The molecule has 0 aromatic rings. The second-order valence-corrected chi connectivity index (χ2v) is 14.4. The zero-order chi connectivity index (χ0) is 34.3. The van der Waals surface area contributed by atoms with E-state index >= 15 is 0 Å². The summed E-state index contributed by atoms with van der Waals surface area (Å²) in [5.74, 6) is -0.610. The van der Waals surface area contributed by atoms with Crippen LogP contribution >= 0.6 is 0 Å². The second kappa shape index (κ2) is 25.5. The lowest BCUT2D eigenvalue weighted by atomic mass is 9.98. The molecule has 0 aromatic heterocycles. The van der Waals surface area contributed by atoms with Gasteiger partial charge in [-0.3, -0.25) is 4.79 Å². The molecule has 7 atom stereocenters. The molecule has 274 valence electrons. The fourth-order valence-corrected chi connectivity index (χ4v) is 7.07. The van der Waals surface area contributed by atoms with Crippen molar-refractivity contribution in [1.29, 1.82) is 0 Å². The van der Waals surface area contributed by atoms with Crippen molar-refractivity contribution in [1.82, 2.24) is 0 Å². The van der Waals surface area contributed by atoms with Gasteiger partial charge in [-0.2, -0.15) is 0 Å². The predicted octanol–water partition coefficient (Wildman–Crippen LogP) is 8.41. The highest BCUT2D eigenvalue weighted by Gasteiger charge is 2.37. The van der Waals surface area contributed by atoms with E-state index in [0.717, 1.165) is 83.5 Å². The van der Waals surface area contributed by atoms with Crippen LogP contribution in [0.4, 0.5) is 0 Å². The molecule has 8 nitrogen and oxygen atoms in total. The normalized spacial score (nSPS) is 22.1. The Balaban J connectivity index is 1.50. The lowest BCUT2D eigenvalue weighted by Gasteiger charge is -2.27. The average Bonchev–Trinajstić information content (AvgIpc) is 3.65. The number of hydrogen-bond donors (Lipinski definition) is 3. The second-order valence-electron chi connectivity index (χ2n) is 14.4. The lowest BCUT2D eigenvalue weighted by molar-refractivity contribution is -0.159. The Morgan fingerprint density at radius 1 is 0.766 bits per heavy atom. The number of esters is 2. The van der Waals surface area contributed by atoms with Gasteiger partial charge in [-0.05, 0) is 57.9 Å². The van der Waals surface area contributed by atoms with E-state index < -0.39 is 18.3 Å². The Bertz CT molecular complexity index is 860. The van der Waals surface area contributed by atoms with Crippen molar-refractivity contribution in [3.8, 4) is 0 Å². The molecule has 0 spiro atoms. The number of cyclic esters (lactones) is 1. The largest absolute Gasteiger partial charge is 0.460 e. The molecule has 0 saturated carbocycles. The van der Waals surface area contributed by atoms with Gasteiger partial charge < -0.3 is 29.5 Å². The van der Waals surface area contributed by atoms with Crippen LogP contribution in [0, 0.1) is 0 Å². The molecule has 1 saturated heterocycles. The summed E-state index contributed by atoms with van der Waals surface area (Å²) in [6, 6.07) is 0. The summed E-state index contributed by atoms with van der Waals surface area (Å²) in [6.07, 6.45) is 24.6. The maximum absolute atomic E-state index is 11.8. The van der Waals surface area contributed by atoms with Crippen molar-refractivity contribution in [2.75, 3.05) is 0 Å². The minimum absolute atomic E-state index is 0.153. The molecule has 0 bridgehead atoms. The van der Waals surface area contributed by atoms with Crippen LogP contribution in [0.15, 0.2) is 11.6 Å². The molecule has 0 aliphatic carbocycles. The van der Waals surface area contributed by atoms with Crippen molar-refractivity contribution in [2.24, 2.45) is 0 Å². The van der Waals surface area contributed by atoms with Gasteiger partial charge in [0.1, 0.15) is 12.2 Å². The molecule has 0 radical (unpaired) electrons. The Morgan fingerprint density at radius 3 is 1.81 bits per heavy atom. The third kappa shape index (κ3) is 19.3. The molecule has 0 aromatic carbocycles. The summed E-state index contributed by atoms with van der Waals surface area (Å²) in [7, 11) is 0. The minimum atomic E-state index is -0.551. The Hall–Kier alpha value is -1.48. The average molecular weight is 667 g/mol. The molecule has 3 N–H and O–H groups in total. The fraction of sp³-hybridized carbons (Fsp3) is 0.897. The third-order valence-corrected chi connectivity index (χ3v) is 9.92. The monoisotopic (exact) mass is 667 g/mol. The quantitative estimate of drug-likeness (QED) is 0.0537. The van der Waals surface area contributed by atoms with Crippen LogP contribution in [-0.4, -0.2) is 70.0 Å². The Labute approximate surface area is 286 Å². The van der Waals surface area contributed by atoms with Crippen molar-refractivity contribution in [3.63, 3.8) is 0 Å². The van der Waals surface area contributed by atoms with E-state index in [-0.39, 0.29) is 36.4 Å². The predicted molar refractivity (Wildman–Crippen MR) is 187 cm³/mol. The van der Waals surface area contributed by atoms with Crippen LogP contribution in [0.2, 0.25) is 0 Å². The van der Waals surface area contributed by atoms with Gasteiger partial charge in [-0.1, -0.05) is 116 Å². The zero-order valence-electron chi connectivity index (χ0n) is 30.2. The molecule has 2 aliphatic heterocycles. The van der Waals surface area contributed by atoms with E-state index in [1.54, 1.807) is 0 Å². The number of carbonyl (C=O) groups is 2. The lowest BCUT2D eigenvalue weighted by Crippen LogP contribution is -2.36. The highest BCUT2D eigenvalue weighted by atomic mass is 16.6. The number of aliphatic hydroxyl groups is 3. The highest BCUT2D eigenvalue weighted by molar-refractivity contribution is 5.90. The number of aliphatic hydroxyl groups excluding tert-OH is 3. The Morgan fingerprint density at radius 2 is 1.28 bits per heavy atom. The minimum Gasteiger partial charge on any atom is -0.460 e. The first kappa shape index (κ1) is 41.7. The van der Waals surface area contributed by atoms with Gasteiger partial charge in [0.2, 0.25) is 0 Å². The fourth-order valence-electron chi connectivity index (χ4n) is 7.07. The number of ether oxygens (including phenoxy) is 3. The van der Waals surface area contributed by atoms with Crippen LogP contribution in [0.25, 0.3) is 0 Å². The van der Waals surface area contributed by atoms with Crippen LogP contribution < -0.4 is 0 Å². The van der Waals surface area contributed by atoms with Gasteiger partial charge in [0.25, 0.3) is 0 Å². The highest BCUT2D eigenvalue weighted by Crippen LogP contribution is 2.30. The Kier molecular flexibility index (Phi) is 22.6. The van der Waals surface area contributed by atoms with Gasteiger partial charge in [0.15, 0.2) is 0 Å². The number of rotatable bonds is 29. The molecule has 2 heterocycles. The smallest absolute Gasteiger partial charge is 0.334 e. The maximum Gasteiger partial charge on any atom is 0.334 e. The van der Waals surface area contributed by atoms with E-state index in [1.807, 2.05) is 13.0 Å². The molecule has 8 heteroatoms. The summed E-state index contributed by atoms with van der Waals surface area (Å²) < 4.78 is 16.9. The van der Waals surface area contributed by atoms with Gasteiger partial charge in [-0.15, -0.1) is 0 Å². The summed E-state index contributed by atoms with van der Waals surface area (Å²) in [4.78, 5) is 23.5. The van der Waals surface area contributed by atoms with Crippen LogP contribution in [0.3, 0.4) is 0 Å². The molecule has 47 heavy (non-hydrogen) atoms. The molecular weight excluding hydrogens is 596 g/mol. The van der Waals surface area contributed by atoms with E-state index in [1.165, 1.54) is 58.3 Å². The van der Waals surface area contributed by atoms with Crippen molar-refractivity contribution in [3.05, 3.63) is 11.6 Å². The van der Waals surface area contributed by atoms with E-state index in [0.29, 0.717) is 31.3 Å². The van der Waals surface area contributed by atoms with Gasteiger partial charge in [-0.25, -0.2) is 4.79 Å². The van der Waals surface area contributed by atoms with E-state index in [4.69, 9.17) is 14.2 Å². The number of carbonyl (C=O) groups excluding carboxylic acids is 2. The van der Waals surface area contributed by atoms with E-state index in [2.05, 4.69) is 6.92 Å². The molecule has 2 aliphatic rings. The summed E-state index contributed by atoms with van der Waals surface area (Å²) >= 11 is 0. The standard InChI is InChI=1S/C39H70O8/c1-4-5-6-7-8-9-10-14-17-20-23-35(43)36-26-27-37(47-36)38(46-31(3)40)29-34(42)22-19-16-13-11-12-15-18-21-33(41)25-24-32-28-30(2)45-39(32)44/h28,30,33-38,41-43H,4-27,29H2,1-3H3/t30?,33?,34?,35-,36+,37+,38+/m0/s1. The number of unbranched alkanes of at least 4 members (excludes halogenated alkanes) is 15. The summed E-state index contributed by atoms with van der Waals surface area (Å²) in [5, 5.41) is 31.7. The molecular formula is C39H70O8. The van der Waals surface area contributed by atoms with E-state index in [9.17, 15) is 24.9 Å². The molecule has 2 rings (SSSR count). The first-order chi connectivity index (χ1) is 22.7. The van der Waals surface area contributed by atoms with Gasteiger partial charge in [0.05, 0.1) is 30.5 Å². The third-order valence-electron chi connectivity index (χ3n) is 9.92. The van der Waals surface area contributed by atoms with Crippen LogP contribution in [0.1, 0.15) is 181 Å². The molecule has 1 fully saturated rings. The zero-order valence-corrected chi connectivity index (χ0v) is 30.2. The van der Waals surface area contributed by atoms with Crippen LogP contribution in [-0.2, 0) is 23.8 Å². The van der Waals surface area contributed by atoms with Gasteiger partial charge in [0, 0.05) is 18.9 Å². The topological polar surface area (TPSA) is 123 Å². The number of hydrogen-bond acceptors (Lipinski definition) is 8. The first-order valence-electron chi connectivity index (χ1n) is 19.5. The van der Waals surface area contributed by atoms with Gasteiger partial charge >= 0.3 is 11.9 Å². The van der Waals surface area contributed by atoms with Crippen molar-refractivity contribution >= 4 is 11.9 Å². The maximum atomic E-state index is 11.8. The SMILES string of the molecule is CCCCCCCCCCCC[C@H](O)[C@H]1CC[C@H]([C@@H](CC(O)CCCCCCCCCC(O)CCC2=CC(C)OC2=O)OC(C)=O)O1. The first-order valence-corrected chi connectivity index (χ1v) is 19.5. The summed E-state index contributed by atoms with van der Waals surface area (Å²) in [6.45, 7) is 5.50.